The van der Waals surface area contributed by atoms with Gasteiger partial charge in [-0.2, -0.15) is 0 Å². The fourth-order valence-corrected chi connectivity index (χ4v) is 2.68. The largest absolute Gasteiger partial charge is 0.259 e. The summed E-state index contributed by atoms with van der Waals surface area (Å²) in [5.74, 6) is 0. The van der Waals surface area contributed by atoms with Crippen molar-refractivity contribution in [3.63, 3.8) is 0 Å². The van der Waals surface area contributed by atoms with Crippen LogP contribution in [0.1, 0.15) is 27.2 Å². The van der Waals surface area contributed by atoms with Crippen molar-refractivity contribution in [2.45, 2.75) is 37.2 Å². The first-order chi connectivity index (χ1) is 3.60. The molecule has 0 saturated carbocycles. The lowest BCUT2D eigenvalue weighted by Crippen LogP contribution is -2.00. The van der Waals surface area contributed by atoms with E-state index in [1.54, 1.807) is 0 Å². The summed E-state index contributed by atoms with van der Waals surface area (Å²) in [7, 11) is -0.509. The lowest BCUT2D eigenvalue weighted by atomic mass is 10.1. The summed E-state index contributed by atoms with van der Waals surface area (Å²) in [5, 5.41) is 0.488. The maximum Gasteiger partial charge on any atom is 0.0549 e. The quantitative estimate of drug-likeness (QED) is 0.492. The van der Waals surface area contributed by atoms with Crippen LogP contribution in [0, 0.1) is 0 Å². The first-order valence-corrected chi connectivity index (χ1v) is 4.22. The minimum Gasteiger partial charge on any atom is -0.259 e. The van der Waals surface area contributed by atoms with Crippen LogP contribution in [0.4, 0.5) is 0 Å². The van der Waals surface area contributed by atoms with Crippen molar-refractivity contribution in [3.05, 3.63) is 0 Å². The van der Waals surface area contributed by atoms with Crippen molar-refractivity contribution in [2.24, 2.45) is 0 Å². The summed E-state index contributed by atoms with van der Waals surface area (Å²) in [6, 6.07) is 0. The molecule has 0 N–H and O–H groups in total. The van der Waals surface area contributed by atoms with Gasteiger partial charge in [-0.05, 0) is 20.3 Å². The van der Waals surface area contributed by atoms with Crippen LogP contribution in [0.2, 0.25) is 0 Å². The minimum atomic E-state index is -0.509. The molecule has 2 heteroatoms. The SMILES string of the molecule is CC[C@H]1S(=O)C1(C)C. The molecule has 1 saturated heterocycles. The molecule has 1 fully saturated rings. The van der Waals surface area contributed by atoms with Gasteiger partial charge in [-0.15, -0.1) is 0 Å². The molecular formula is C6H12OS. The van der Waals surface area contributed by atoms with Crippen molar-refractivity contribution in [3.8, 4) is 0 Å². The third-order valence-corrected chi connectivity index (χ3v) is 4.37. The van der Waals surface area contributed by atoms with E-state index in [-0.39, 0.29) is 4.75 Å². The van der Waals surface area contributed by atoms with Gasteiger partial charge in [-0.3, -0.25) is 4.21 Å². The van der Waals surface area contributed by atoms with Crippen LogP contribution in [-0.4, -0.2) is 14.2 Å². The van der Waals surface area contributed by atoms with Gasteiger partial charge in [0, 0.05) is 10.8 Å². The highest BCUT2D eigenvalue weighted by molar-refractivity contribution is 7.94. The van der Waals surface area contributed by atoms with Crippen molar-refractivity contribution in [2.75, 3.05) is 0 Å². The zero-order chi connectivity index (χ0) is 6.36. The van der Waals surface area contributed by atoms with Gasteiger partial charge in [0.05, 0.1) is 10.00 Å². The van der Waals surface area contributed by atoms with E-state index >= 15 is 0 Å². The Labute approximate surface area is 52.9 Å². The van der Waals surface area contributed by atoms with Gasteiger partial charge in [-0.25, -0.2) is 0 Å². The molecule has 0 radical (unpaired) electrons. The van der Waals surface area contributed by atoms with E-state index in [4.69, 9.17) is 0 Å². The summed E-state index contributed by atoms with van der Waals surface area (Å²) in [6.07, 6.45) is 1.07. The summed E-state index contributed by atoms with van der Waals surface area (Å²) in [4.78, 5) is 0. The third kappa shape index (κ3) is 0.625. The van der Waals surface area contributed by atoms with Crippen molar-refractivity contribution in [1.29, 1.82) is 0 Å². The first kappa shape index (κ1) is 6.27. The lowest BCUT2D eigenvalue weighted by Gasteiger charge is -1.90. The lowest BCUT2D eigenvalue weighted by molar-refractivity contribution is 0.688. The van der Waals surface area contributed by atoms with Crippen LogP contribution < -0.4 is 0 Å². The van der Waals surface area contributed by atoms with Gasteiger partial charge >= 0.3 is 0 Å². The van der Waals surface area contributed by atoms with Gasteiger partial charge in [0.1, 0.15) is 0 Å². The van der Waals surface area contributed by atoms with Gasteiger partial charge < -0.3 is 0 Å². The normalized spacial score (nSPS) is 41.9. The molecule has 0 aromatic carbocycles. The molecule has 1 unspecified atom stereocenters. The minimum absolute atomic E-state index is 0.148. The second kappa shape index (κ2) is 1.56. The fourth-order valence-electron chi connectivity index (χ4n) is 1.13. The summed E-state index contributed by atoms with van der Waals surface area (Å²) in [6.45, 7) is 6.23. The zero-order valence-corrected chi connectivity index (χ0v) is 6.42. The molecule has 0 amide bonds. The maximum absolute atomic E-state index is 10.9. The predicted molar refractivity (Wildman–Crippen MR) is 36.3 cm³/mol. The molecule has 0 bridgehead atoms. The molecule has 1 aliphatic rings. The van der Waals surface area contributed by atoms with Gasteiger partial charge in [0.2, 0.25) is 0 Å². The van der Waals surface area contributed by atoms with E-state index in [9.17, 15) is 4.21 Å². The van der Waals surface area contributed by atoms with Crippen molar-refractivity contribution < 1.29 is 4.21 Å². The standard InChI is InChI=1S/C6H12OS/c1-4-5-6(2,3)8(5)7/h5H,4H2,1-3H3/t5-,8?/m1/s1. The van der Waals surface area contributed by atoms with Crippen molar-refractivity contribution in [1.82, 2.24) is 0 Å². The second-order valence-corrected chi connectivity index (χ2v) is 5.01. The van der Waals surface area contributed by atoms with E-state index in [2.05, 4.69) is 20.8 Å². The van der Waals surface area contributed by atoms with Gasteiger partial charge in [0.15, 0.2) is 0 Å². The van der Waals surface area contributed by atoms with E-state index in [1.165, 1.54) is 0 Å². The van der Waals surface area contributed by atoms with Crippen LogP contribution in [0.25, 0.3) is 0 Å². The molecule has 0 aliphatic carbocycles. The smallest absolute Gasteiger partial charge is 0.0549 e. The molecule has 0 aromatic rings. The Morgan fingerprint density at radius 2 is 2.00 bits per heavy atom. The van der Waals surface area contributed by atoms with E-state index < -0.39 is 10.8 Å². The fraction of sp³-hybridized carbons (Fsp3) is 1.00. The Bertz CT molecular complexity index is 128. The molecule has 1 rings (SSSR count). The Hall–Kier alpha value is 0.150. The number of hydrogen-bond donors (Lipinski definition) is 0. The maximum atomic E-state index is 10.9. The number of hydrogen-bond acceptors (Lipinski definition) is 1. The van der Waals surface area contributed by atoms with E-state index in [0.29, 0.717) is 5.25 Å². The second-order valence-electron chi connectivity index (χ2n) is 2.80. The van der Waals surface area contributed by atoms with Gasteiger partial charge in [-0.1, -0.05) is 6.92 Å². The zero-order valence-electron chi connectivity index (χ0n) is 5.60. The predicted octanol–water partition coefficient (Wildman–Crippen LogP) is 1.31. The molecule has 2 atom stereocenters. The van der Waals surface area contributed by atoms with Crippen LogP contribution in [0.3, 0.4) is 0 Å². The Balaban J connectivity index is 2.58. The first-order valence-electron chi connectivity index (χ1n) is 3.01. The molecule has 0 spiro atoms. The summed E-state index contributed by atoms with van der Waals surface area (Å²) in [5.41, 5.74) is 0. The summed E-state index contributed by atoms with van der Waals surface area (Å²) < 4.78 is 11.0. The Morgan fingerprint density at radius 1 is 1.62 bits per heavy atom. The summed E-state index contributed by atoms with van der Waals surface area (Å²) >= 11 is 0. The number of rotatable bonds is 1. The van der Waals surface area contributed by atoms with Crippen LogP contribution >= 0.6 is 0 Å². The molecule has 1 nitrogen and oxygen atoms in total. The molecule has 48 valence electrons. The Morgan fingerprint density at radius 3 is 2.00 bits per heavy atom. The highest BCUT2D eigenvalue weighted by atomic mass is 32.2. The van der Waals surface area contributed by atoms with Crippen LogP contribution in [0.15, 0.2) is 0 Å². The monoisotopic (exact) mass is 132 g/mol. The Kier molecular flexibility index (Phi) is 1.23. The molecule has 1 heterocycles. The van der Waals surface area contributed by atoms with E-state index in [0.717, 1.165) is 6.42 Å². The molecule has 1 aliphatic heterocycles. The van der Waals surface area contributed by atoms with E-state index in [1.807, 2.05) is 0 Å². The topological polar surface area (TPSA) is 17.1 Å². The van der Waals surface area contributed by atoms with Crippen LogP contribution in [0.5, 0.6) is 0 Å². The average Bonchev–Trinajstić information content (AvgIpc) is 2.09. The molecular weight excluding hydrogens is 120 g/mol. The third-order valence-electron chi connectivity index (χ3n) is 1.87. The highest BCUT2D eigenvalue weighted by Gasteiger charge is 2.54. The average molecular weight is 132 g/mol. The molecule has 0 aromatic heterocycles. The molecule has 8 heavy (non-hydrogen) atoms. The van der Waals surface area contributed by atoms with Gasteiger partial charge in [0.25, 0.3) is 0 Å². The van der Waals surface area contributed by atoms with Crippen molar-refractivity contribution >= 4 is 10.8 Å². The highest BCUT2D eigenvalue weighted by Crippen LogP contribution is 2.42. The van der Waals surface area contributed by atoms with Crippen LogP contribution in [-0.2, 0) is 10.8 Å².